The molecule has 0 amide bonds. The number of benzene rings is 1. The van der Waals surface area contributed by atoms with E-state index in [0.717, 1.165) is 28.1 Å². The fourth-order valence-electron chi connectivity index (χ4n) is 1.73. The van der Waals surface area contributed by atoms with Gasteiger partial charge in [-0.1, -0.05) is 15.9 Å². The summed E-state index contributed by atoms with van der Waals surface area (Å²) in [4.78, 5) is 14.9. The van der Waals surface area contributed by atoms with Crippen LogP contribution in [-0.2, 0) is 11.3 Å². The van der Waals surface area contributed by atoms with Crippen LogP contribution < -0.4 is 0 Å². The minimum atomic E-state index is -0.971. The number of aromatic nitrogens is 2. The molecule has 1 N–H and O–H groups in total. The lowest BCUT2D eigenvalue weighted by Gasteiger charge is -2.01. The Kier molecular flexibility index (Phi) is 3.28. The zero-order valence-electron chi connectivity index (χ0n) is 9.22. The van der Waals surface area contributed by atoms with E-state index in [1.54, 1.807) is 0 Å². The summed E-state index contributed by atoms with van der Waals surface area (Å²) in [5.41, 5.74) is 1.85. The van der Waals surface area contributed by atoms with Crippen molar-refractivity contribution in [1.82, 2.24) is 9.55 Å². The third-order valence-corrected chi connectivity index (χ3v) is 2.92. The molecule has 17 heavy (non-hydrogen) atoms. The van der Waals surface area contributed by atoms with Crippen LogP contribution >= 0.6 is 15.9 Å². The largest absolute Gasteiger partial charge is 0.478 e. The number of nitrogens with zero attached hydrogens (tertiary/aromatic N) is 2. The van der Waals surface area contributed by atoms with Crippen LogP contribution in [-0.4, -0.2) is 20.6 Å². The van der Waals surface area contributed by atoms with E-state index in [1.807, 2.05) is 29.7 Å². The van der Waals surface area contributed by atoms with Gasteiger partial charge in [0.1, 0.15) is 5.82 Å². The smallest absolute Gasteiger partial charge is 0.328 e. The number of carboxylic acids is 1. The molecular weight excluding hydrogens is 284 g/mol. The molecule has 0 saturated carbocycles. The summed E-state index contributed by atoms with van der Waals surface area (Å²) in [6, 6.07) is 5.83. The van der Waals surface area contributed by atoms with Gasteiger partial charge in [-0.05, 0) is 31.2 Å². The molecule has 0 unspecified atom stereocenters. The number of rotatable bonds is 3. The van der Waals surface area contributed by atoms with Crippen molar-refractivity contribution in [2.45, 2.75) is 13.5 Å². The highest BCUT2D eigenvalue weighted by molar-refractivity contribution is 9.10. The Balaban J connectivity index is 2.59. The van der Waals surface area contributed by atoms with Crippen LogP contribution in [0.5, 0.6) is 0 Å². The van der Waals surface area contributed by atoms with Crippen LogP contribution in [0, 0.1) is 0 Å². The number of imidazole rings is 1. The van der Waals surface area contributed by atoms with Gasteiger partial charge in [-0.3, -0.25) is 0 Å². The van der Waals surface area contributed by atoms with Crippen LogP contribution in [0.25, 0.3) is 17.1 Å². The summed E-state index contributed by atoms with van der Waals surface area (Å²) in [7, 11) is 0. The Morgan fingerprint density at radius 1 is 1.59 bits per heavy atom. The van der Waals surface area contributed by atoms with Crippen molar-refractivity contribution < 1.29 is 9.90 Å². The van der Waals surface area contributed by atoms with Crippen LogP contribution in [0.1, 0.15) is 12.7 Å². The summed E-state index contributed by atoms with van der Waals surface area (Å²) in [5.74, 6) is -0.316. The molecule has 0 bridgehead atoms. The predicted molar refractivity (Wildman–Crippen MR) is 69.8 cm³/mol. The molecule has 88 valence electrons. The SMILES string of the molecule is CCn1c(/C=C/C(=O)O)nc2cc(Br)ccc21. The van der Waals surface area contributed by atoms with E-state index in [2.05, 4.69) is 20.9 Å². The predicted octanol–water partition coefficient (Wildman–Crippen LogP) is 2.92. The molecule has 0 atom stereocenters. The first-order chi connectivity index (χ1) is 8.11. The van der Waals surface area contributed by atoms with Crippen molar-refractivity contribution in [2.75, 3.05) is 0 Å². The molecule has 1 heterocycles. The number of carbonyl (C=O) groups is 1. The standard InChI is InChI=1S/C12H11BrN2O2/c1-2-15-10-4-3-8(13)7-9(10)14-11(15)5-6-12(16)17/h3-7H,2H2,1H3,(H,16,17)/b6-5+. The third-order valence-electron chi connectivity index (χ3n) is 2.43. The molecule has 5 heteroatoms. The molecule has 0 aliphatic carbocycles. The third kappa shape index (κ3) is 2.39. The first kappa shape index (κ1) is 11.9. The van der Waals surface area contributed by atoms with Gasteiger partial charge in [-0.25, -0.2) is 9.78 Å². The van der Waals surface area contributed by atoms with Gasteiger partial charge in [0.05, 0.1) is 11.0 Å². The van der Waals surface area contributed by atoms with E-state index in [9.17, 15) is 4.79 Å². The molecule has 4 nitrogen and oxygen atoms in total. The van der Waals surface area contributed by atoms with E-state index in [0.29, 0.717) is 5.82 Å². The Morgan fingerprint density at radius 2 is 2.35 bits per heavy atom. The van der Waals surface area contributed by atoms with E-state index in [4.69, 9.17) is 5.11 Å². The van der Waals surface area contributed by atoms with Gasteiger partial charge in [0.25, 0.3) is 0 Å². The summed E-state index contributed by atoms with van der Waals surface area (Å²) in [6.45, 7) is 2.75. The van der Waals surface area contributed by atoms with Gasteiger partial charge in [0.2, 0.25) is 0 Å². The minimum Gasteiger partial charge on any atom is -0.478 e. The number of carboxylic acid groups (broad SMARTS) is 1. The van der Waals surface area contributed by atoms with E-state index >= 15 is 0 Å². The molecule has 0 fully saturated rings. The molecule has 0 saturated heterocycles. The average molecular weight is 295 g/mol. The molecular formula is C12H11BrN2O2. The van der Waals surface area contributed by atoms with Crippen LogP contribution in [0.4, 0.5) is 0 Å². The lowest BCUT2D eigenvalue weighted by atomic mass is 10.3. The molecule has 0 radical (unpaired) electrons. The lowest BCUT2D eigenvalue weighted by molar-refractivity contribution is -0.131. The highest BCUT2D eigenvalue weighted by Gasteiger charge is 2.07. The van der Waals surface area contributed by atoms with Crippen molar-refractivity contribution in [3.63, 3.8) is 0 Å². The topological polar surface area (TPSA) is 55.1 Å². The summed E-state index contributed by atoms with van der Waals surface area (Å²) in [6.07, 6.45) is 2.61. The molecule has 1 aromatic heterocycles. The molecule has 0 aliphatic heterocycles. The number of aryl methyl sites for hydroxylation is 1. The number of hydrogen-bond acceptors (Lipinski definition) is 2. The second kappa shape index (κ2) is 4.71. The quantitative estimate of drug-likeness (QED) is 0.886. The number of aliphatic carboxylic acids is 1. The summed E-state index contributed by atoms with van der Waals surface area (Å²) >= 11 is 3.39. The van der Waals surface area contributed by atoms with Crippen molar-refractivity contribution in [2.24, 2.45) is 0 Å². The Morgan fingerprint density at radius 3 is 3.00 bits per heavy atom. The van der Waals surface area contributed by atoms with Crippen molar-refractivity contribution in [1.29, 1.82) is 0 Å². The Hall–Kier alpha value is -1.62. The van der Waals surface area contributed by atoms with Gasteiger partial charge in [0.15, 0.2) is 0 Å². The minimum absolute atomic E-state index is 0.656. The molecule has 0 spiro atoms. The van der Waals surface area contributed by atoms with Gasteiger partial charge < -0.3 is 9.67 Å². The van der Waals surface area contributed by atoms with Crippen LogP contribution in [0.2, 0.25) is 0 Å². The molecule has 2 rings (SSSR count). The zero-order chi connectivity index (χ0) is 12.4. The fraction of sp³-hybridized carbons (Fsp3) is 0.167. The van der Waals surface area contributed by atoms with Crippen molar-refractivity contribution in [3.8, 4) is 0 Å². The Bertz CT molecular complexity index is 602. The van der Waals surface area contributed by atoms with Gasteiger partial charge in [0, 0.05) is 17.1 Å². The van der Waals surface area contributed by atoms with Gasteiger partial charge >= 0.3 is 5.97 Å². The van der Waals surface area contributed by atoms with E-state index < -0.39 is 5.97 Å². The first-order valence-electron chi connectivity index (χ1n) is 5.18. The maximum atomic E-state index is 10.5. The van der Waals surface area contributed by atoms with E-state index in [1.165, 1.54) is 6.08 Å². The normalized spacial score (nSPS) is 11.4. The number of fused-ring (bicyclic) bond motifs is 1. The maximum Gasteiger partial charge on any atom is 0.328 e. The fourth-order valence-corrected chi connectivity index (χ4v) is 2.08. The van der Waals surface area contributed by atoms with Crippen molar-refractivity contribution in [3.05, 3.63) is 34.6 Å². The average Bonchev–Trinajstić information content (AvgIpc) is 2.62. The number of hydrogen-bond donors (Lipinski definition) is 1. The van der Waals surface area contributed by atoms with Gasteiger partial charge in [-0.2, -0.15) is 0 Å². The maximum absolute atomic E-state index is 10.5. The van der Waals surface area contributed by atoms with Crippen LogP contribution in [0.15, 0.2) is 28.7 Å². The van der Waals surface area contributed by atoms with Crippen molar-refractivity contribution >= 4 is 39.0 Å². The second-order valence-electron chi connectivity index (χ2n) is 3.52. The summed E-state index contributed by atoms with van der Waals surface area (Å²) in [5, 5.41) is 8.63. The van der Waals surface area contributed by atoms with E-state index in [-0.39, 0.29) is 0 Å². The Labute approximate surface area is 107 Å². The lowest BCUT2D eigenvalue weighted by Crippen LogP contribution is -1.97. The van der Waals surface area contributed by atoms with Crippen LogP contribution in [0.3, 0.4) is 0 Å². The monoisotopic (exact) mass is 294 g/mol. The first-order valence-corrected chi connectivity index (χ1v) is 5.98. The van der Waals surface area contributed by atoms with Gasteiger partial charge in [-0.15, -0.1) is 0 Å². The molecule has 2 aromatic rings. The molecule has 1 aromatic carbocycles. The number of halogens is 1. The second-order valence-corrected chi connectivity index (χ2v) is 4.43. The zero-order valence-corrected chi connectivity index (χ0v) is 10.8. The molecule has 0 aliphatic rings. The highest BCUT2D eigenvalue weighted by Crippen LogP contribution is 2.21. The highest BCUT2D eigenvalue weighted by atomic mass is 79.9. The summed E-state index contributed by atoms with van der Waals surface area (Å²) < 4.78 is 2.93.